The quantitative estimate of drug-likeness (QED) is 0.252. The molecular formula is C20H13N7O4S3. The van der Waals surface area contributed by atoms with Gasteiger partial charge in [0.2, 0.25) is 5.16 Å². The molecule has 14 heteroatoms. The van der Waals surface area contributed by atoms with E-state index in [0.29, 0.717) is 31.1 Å². The maximum absolute atomic E-state index is 12.6. The van der Waals surface area contributed by atoms with E-state index in [1.807, 2.05) is 0 Å². The summed E-state index contributed by atoms with van der Waals surface area (Å²) in [5.74, 6) is 0. The molecule has 3 aromatic carbocycles. The fraction of sp³-hybridized carbons (Fsp3) is 0. The molecule has 1 N–H and O–H groups in total. The van der Waals surface area contributed by atoms with Gasteiger partial charge in [0.05, 0.1) is 25.7 Å². The molecule has 2 aromatic heterocycles. The maximum atomic E-state index is 12.6. The van der Waals surface area contributed by atoms with Crippen LogP contribution in [-0.4, -0.2) is 38.5 Å². The first-order chi connectivity index (χ1) is 16.4. The van der Waals surface area contributed by atoms with Gasteiger partial charge in [-0.1, -0.05) is 18.2 Å². The minimum Gasteiger partial charge on any atom is -0.280 e. The van der Waals surface area contributed by atoms with Crippen molar-refractivity contribution in [2.45, 2.75) is 14.4 Å². The van der Waals surface area contributed by atoms with Crippen LogP contribution in [0.5, 0.6) is 0 Å². The second-order valence-electron chi connectivity index (χ2n) is 6.83. The Labute approximate surface area is 200 Å². The molecule has 170 valence electrons. The first-order valence-corrected chi connectivity index (χ1v) is 12.7. The number of nitro groups is 1. The molecule has 11 nitrogen and oxygen atoms in total. The molecular weight excluding hydrogens is 498 g/mol. The Bertz CT molecular complexity index is 1600. The number of thiazole rings is 1. The first kappa shape index (κ1) is 21.9. The number of tetrazole rings is 1. The third-order valence-corrected chi connectivity index (χ3v) is 8.01. The summed E-state index contributed by atoms with van der Waals surface area (Å²) in [7, 11) is -3.75. The van der Waals surface area contributed by atoms with Crippen molar-refractivity contribution in [1.29, 1.82) is 0 Å². The van der Waals surface area contributed by atoms with Crippen LogP contribution in [0.4, 0.5) is 11.4 Å². The van der Waals surface area contributed by atoms with Crippen molar-refractivity contribution in [3.8, 4) is 5.69 Å². The number of hydrogen-bond acceptors (Lipinski definition) is 10. The van der Waals surface area contributed by atoms with Gasteiger partial charge in [-0.15, -0.1) is 16.4 Å². The van der Waals surface area contributed by atoms with Crippen molar-refractivity contribution in [3.63, 3.8) is 0 Å². The Morgan fingerprint density at radius 1 is 1.03 bits per heavy atom. The van der Waals surface area contributed by atoms with Crippen molar-refractivity contribution in [2.75, 3.05) is 4.72 Å². The van der Waals surface area contributed by atoms with E-state index in [1.54, 1.807) is 48.5 Å². The Morgan fingerprint density at radius 3 is 2.53 bits per heavy atom. The fourth-order valence-electron chi connectivity index (χ4n) is 3.02. The van der Waals surface area contributed by atoms with Crippen LogP contribution in [0.15, 0.2) is 87.2 Å². The van der Waals surface area contributed by atoms with Crippen LogP contribution in [-0.2, 0) is 10.0 Å². The lowest BCUT2D eigenvalue weighted by molar-refractivity contribution is -0.384. The summed E-state index contributed by atoms with van der Waals surface area (Å²) < 4.78 is 30.6. The van der Waals surface area contributed by atoms with Crippen LogP contribution in [0.3, 0.4) is 0 Å². The molecule has 5 rings (SSSR count). The molecule has 0 unspecified atom stereocenters. The van der Waals surface area contributed by atoms with Crippen molar-refractivity contribution in [3.05, 3.63) is 82.9 Å². The van der Waals surface area contributed by atoms with E-state index >= 15 is 0 Å². The summed E-state index contributed by atoms with van der Waals surface area (Å²) in [5.41, 5.74) is 1.65. The number of nitrogens with one attached hydrogen (secondary N) is 1. The van der Waals surface area contributed by atoms with E-state index in [-0.39, 0.29) is 10.6 Å². The molecule has 0 fully saturated rings. The van der Waals surface area contributed by atoms with E-state index in [4.69, 9.17) is 0 Å². The number of aromatic nitrogens is 5. The fourth-order valence-corrected chi connectivity index (χ4v) is 6.07. The summed E-state index contributed by atoms with van der Waals surface area (Å²) in [4.78, 5) is 15.1. The largest absolute Gasteiger partial charge is 0.280 e. The molecule has 0 amide bonds. The lowest BCUT2D eigenvalue weighted by atomic mass is 10.3. The van der Waals surface area contributed by atoms with Crippen LogP contribution in [0.2, 0.25) is 0 Å². The van der Waals surface area contributed by atoms with Gasteiger partial charge in [-0.05, 0) is 64.7 Å². The number of para-hydroxylation sites is 1. The number of anilines is 1. The van der Waals surface area contributed by atoms with Crippen LogP contribution in [0.1, 0.15) is 0 Å². The number of rotatable bonds is 7. The molecule has 34 heavy (non-hydrogen) atoms. The molecule has 5 aromatic rings. The second-order valence-corrected chi connectivity index (χ2v) is 10.8. The van der Waals surface area contributed by atoms with E-state index in [1.165, 1.54) is 52.0 Å². The van der Waals surface area contributed by atoms with Crippen LogP contribution < -0.4 is 4.72 Å². The van der Waals surface area contributed by atoms with Crippen LogP contribution >= 0.6 is 23.1 Å². The number of fused-ring (bicyclic) bond motifs is 1. The molecule has 0 saturated heterocycles. The minimum absolute atomic E-state index is 0.00525. The average Bonchev–Trinajstić information content (AvgIpc) is 3.45. The van der Waals surface area contributed by atoms with E-state index in [9.17, 15) is 18.5 Å². The zero-order valence-corrected chi connectivity index (χ0v) is 19.4. The van der Waals surface area contributed by atoms with Gasteiger partial charge in [-0.3, -0.25) is 14.8 Å². The lowest BCUT2D eigenvalue weighted by Gasteiger charge is -2.09. The average molecular weight is 512 g/mol. The highest BCUT2D eigenvalue weighted by molar-refractivity contribution is 8.01. The third-order valence-electron chi connectivity index (χ3n) is 4.60. The van der Waals surface area contributed by atoms with E-state index < -0.39 is 14.9 Å². The predicted octanol–water partition coefficient (Wildman–Crippen LogP) is 4.13. The van der Waals surface area contributed by atoms with Crippen molar-refractivity contribution in [2.24, 2.45) is 0 Å². The normalized spacial score (nSPS) is 11.5. The monoisotopic (exact) mass is 511 g/mol. The standard InChI is InChI=1S/C20H13N7O4S3/c28-27(29)15-8-11-17-18(12-15)32-20(21-17)33-19-22-24-25-26(19)14-6-9-16(10-7-14)34(30,31)23-13-4-2-1-3-5-13/h1-12,23H. The van der Waals surface area contributed by atoms with Crippen LogP contribution in [0, 0.1) is 10.1 Å². The number of nitro benzene ring substituents is 1. The molecule has 0 aliphatic heterocycles. The summed E-state index contributed by atoms with van der Waals surface area (Å²) in [6.07, 6.45) is 0. The Morgan fingerprint density at radius 2 is 1.79 bits per heavy atom. The maximum Gasteiger partial charge on any atom is 0.270 e. The van der Waals surface area contributed by atoms with Gasteiger partial charge in [-0.2, -0.15) is 4.68 Å². The van der Waals surface area contributed by atoms with Gasteiger partial charge in [0, 0.05) is 17.8 Å². The van der Waals surface area contributed by atoms with Crippen LogP contribution in [0.25, 0.3) is 15.9 Å². The predicted molar refractivity (Wildman–Crippen MR) is 127 cm³/mol. The number of benzene rings is 3. The smallest absolute Gasteiger partial charge is 0.270 e. The highest BCUT2D eigenvalue weighted by Crippen LogP contribution is 2.35. The number of sulfonamides is 1. The number of hydrogen-bond donors (Lipinski definition) is 1. The van der Waals surface area contributed by atoms with Crippen molar-refractivity contribution in [1.82, 2.24) is 25.2 Å². The molecule has 0 bridgehead atoms. The molecule has 0 aliphatic rings. The number of nitrogens with zero attached hydrogens (tertiary/aromatic N) is 6. The minimum atomic E-state index is -3.75. The zero-order chi connectivity index (χ0) is 23.7. The van der Waals surface area contributed by atoms with Gasteiger partial charge in [0.15, 0.2) is 4.34 Å². The SMILES string of the molecule is O=[N+]([O-])c1ccc2nc(Sc3nnnn3-c3ccc(S(=O)(=O)Nc4ccccc4)cc3)sc2c1. The van der Waals surface area contributed by atoms with Gasteiger partial charge in [-0.25, -0.2) is 13.4 Å². The summed E-state index contributed by atoms with van der Waals surface area (Å²) in [5, 5.41) is 23.1. The van der Waals surface area contributed by atoms with Gasteiger partial charge in [0.1, 0.15) is 0 Å². The zero-order valence-electron chi connectivity index (χ0n) is 17.0. The van der Waals surface area contributed by atoms with E-state index in [2.05, 4.69) is 25.2 Å². The highest BCUT2D eigenvalue weighted by atomic mass is 32.2. The highest BCUT2D eigenvalue weighted by Gasteiger charge is 2.17. The first-order valence-electron chi connectivity index (χ1n) is 9.58. The molecule has 0 atom stereocenters. The lowest BCUT2D eigenvalue weighted by Crippen LogP contribution is -2.13. The van der Waals surface area contributed by atoms with Gasteiger partial charge in [0.25, 0.3) is 15.7 Å². The third kappa shape index (κ3) is 4.46. The molecule has 2 heterocycles. The Balaban J connectivity index is 1.38. The van der Waals surface area contributed by atoms with Gasteiger partial charge < -0.3 is 0 Å². The Hall–Kier alpha value is -3.88. The Kier molecular flexibility index (Phi) is 5.69. The second kappa shape index (κ2) is 8.81. The molecule has 0 aliphatic carbocycles. The summed E-state index contributed by atoms with van der Waals surface area (Å²) >= 11 is 2.49. The number of non-ortho nitro benzene ring substituents is 1. The molecule has 0 saturated carbocycles. The summed E-state index contributed by atoms with van der Waals surface area (Å²) in [6, 6.07) is 19.2. The van der Waals surface area contributed by atoms with E-state index in [0.717, 1.165) is 0 Å². The topological polar surface area (TPSA) is 146 Å². The van der Waals surface area contributed by atoms with Gasteiger partial charge >= 0.3 is 0 Å². The van der Waals surface area contributed by atoms with Crippen molar-refractivity contribution >= 4 is 54.7 Å². The van der Waals surface area contributed by atoms with Crippen molar-refractivity contribution < 1.29 is 13.3 Å². The molecule has 0 radical (unpaired) electrons. The summed E-state index contributed by atoms with van der Waals surface area (Å²) in [6.45, 7) is 0. The molecule has 0 spiro atoms.